The first kappa shape index (κ1) is 22.1. The van der Waals surface area contributed by atoms with Crippen molar-refractivity contribution in [2.45, 2.75) is 58.9 Å². The molecule has 2 amide bonds. The van der Waals surface area contributed by atoms with E-state index in [0.29, 0.717) is 29.6 Å². The minimum atomic E-state index is -0.246. The van der Waals surface area contributed by atoms with Crippen molar-refractivity contribution in [2.75, 3.05) is 13.1 Å². The number of carbonyl (C=O) groups excluding carboxylic acids is 2. The van der Waals surface area contributed by atoms with Gasteiger partial charge in [0.15, 0.2) is 5.11 Å². The van der Waals surface area contributed by atoms with E-state index in [1.807, 2.05) is 17.0 Å². The van der Waals surface area contributed by atoms with E-state index in [9.17, 15) is 9.59 Å². The molecule has 2 rings (SSSR count). The van der Waals surface area contributed by atoms with Crippen molar-refractivity contribution >= 4 is 29.1 Å². The molecule has 1 aromatic rings. The monoisotopic (exact) mass is 404 g/mol. The Labute approximate surface area is 173 Å². The second-order valence-corrected chi connectivity index (χ2v) is 7.91. The molecule has 1 saturated heterocycles. The molecule has 0 radical (unpaired) electrons. The summed E-state index contributed by atoms with van der Waals surface area (Å²) in [5, 5.41) is 3.55. The highest BCUT2D eigenvalue weighted by molar-refractivity contribution is 7.80. The summed E-state index contributed by atoms with van der Waals surface area (Å²) in [6.07, 6.45) is 6.46. The molecule has 0 aromatic heterocycles. The molecule has 1 atom stereocenters. The summed E-state index contributed by atoms with van der Waals surface area (Å²) in [5.41, 5.74) is 6.93. The lowest BCUT2D eigenvalue weighted by Gasteiger charge is -2.16. The van der Waals surface area contributed by atoms with Crippen LogP contribution in [-0.2, 0) is 11.3 Å². The Hall–Kier alpha value is -2.15. The fourth-order valence-electron chi connectivity index (χ4n) is 3.19. The third kappa shape index (κ3) is 7.46. The maximum absolute atomic E-state index is 12.2. The van der Waals surface area contributed by atoms with Crippen LogP contribution in [0.5, 0.6) is 0 Å². The molecule has 6 nitrogen and oxygen atoms in total. The van der Waals surface area contributed by atoms with Crippen molar-refractivity contribution in [1.82, 2.24) is 21.1 Å². The van der Waals surface area contributed by atoms with Crippen LogP contribution in [-0.4, -0.2) is 34.9 Å². The fourth-order valence-corrected chi connectivity index (χ4v) is 3.33. The van der Waals surface area contributed by atoms with Gasteiger partial charge in [-0.25, -0.2) is 0 Å². The molecule has 0 unspecified atom stereocenters. The van der Waals surface area contributed by atoms with Crippen molar-refractivity contribution in [3.05, 3.63) is 35.4 Å². The Morgan fingerprint density at radius 3 is 2.61 bits per heavy atom. The van der Waals surface area contributed by atoms with E-state index in [2.05, 4.69) is 30.0 Å². The first-order valence-corrected chi connectivity index (χ1v) is 10.6. The van der Waals surface area contributed by atoms with Crippen LogP contribution >= 0.6 is 12.2 Å². The molecule has 28 heavy (non-hydrogen) atoms. The lowest BCUT2D eigenvalue weighted by Crippen LogP contribution is -2.47. The van der Waals surface area contributed by atoms with Gasteiger partial charge < -0.3 is 10.2 Å². The molecule has 3 N–H and O–H groups in total. The highest BCUT2D eigenvalue weighted by Crippen LogP contribution is 2.14. The molecule has 0 bridgehead atoms. The first-order chi connectivity index (χ1) is 13.5. The maximum atomic E-state index is 12.2. The van der Waals surface area contributed by atoms with Crippen LogP contribution in [0.25, 0.3) is 0 Å². The van der Waals surface area contributed by atoms with Crippen LogP contribution in [0, 0.1) is 5.92 Å². The smallest absolute Gasteiger partial charge is 0.269 e. The van der Waals surface area contributed by atoms with Gasteiger partial charge in [-0.2, -0.15) is 0 Å². The standard InChI is InChI=1S/C21H32N4O2S/c1-3-4-5-7-16(2)14-22-21(28)24-23-20(27)18-11-9-17(10-12-18)15-25-13-6-8-19(25)26/h9-12,16H,3-8,13-15H2,1-2H3,(H,23,27)(H2,22,24,28)/t16-/m1/s1. The lowest BCUT2D eigenvalue weighted by molar-refractivity contribution is -0.128. The van der Waals surface area contributed by atoms with Crippen LogP contribution in [0.15, 0.2) is 24.3 Å². The van der Waals surface area contributed by atoms with E-state index in [-0.39, 0.29) is 11.8 Å². The molecule has 1 fully saturated rings. The highest BCUT2D eigenvalue weighted by atomic mass is 32.1. The zero-order chi connectivity index (χ0) is 20.4. The summed E-state index contributed by atoms with van der Waals surface area (Å²) in [6.45, 7) is 6.60. The number of carbonyl (C=O) groups is 2. The Balaban J connectivity index is 1.69. The van der Waals surface area contributed by atoms with Crippen molar-refractivity contribution in [1.29, 1.82) is 0 Å². The van der Waals surface area contributed by atoms with E-state index in [0.717, 1.165) is 25.1 Å². The molecule has 0 saturated carbocycles. The molecule has 0 aliphatic carbocycles. The van der Waals surface area contributed by atoms with E-state index >= 15 is 0 Å². The predicted molar refractivity (Wildman–Crippen MR) is 116 cm³/mol. The van der Waals surface area contributed by atoms with Gasteiger partial charge in [0.25, 0.3) is 5.91 Å². The second kappa shape index (κ2) is 11.6. The number of nitrogens with zero attached hydrogens (tertiary/aromatic N) is 1. The number of unbranched alkanes of at least 4 members (excludes halogenated alkanes) is 2. The number of nitrogens with one attached hydrogen (secondary N) is 3. The summed E-state index contributed by atoms with van der Waals surface area (Å²) >= 11 is 5.21. The summed E-state index contributed by atoms with van der Waals surface area (Å²) in [5.74, 6) is 0.493. The van der Waals surface area contributed by atoms with E-state index in [1.54, 1.807) is 12.1 Å². The van der Waals surface area contributed by atoms with Gasteiger partial charge in [0.05, 0.1) is 0 Å². The van der Waals surface area contributed by atoms with E-state index in [4.69, 9.17) is 12.2 Å². The van der Waals surface area contributed by atoms with Gasteiger partial charge >= 0.3 is 0 Å². The Bertz CT molecular complexity index is 663. The summed E-state index contributed by atoms with van der Waals surface area (Å²) < 4.78 is 0. The molecule has 1 aliphatic heterocycles. The molecule has 1 aliphatic rings. The van der Waals surface area contributed by atoms with Crippen LogP contribution < -0.4 is 16.2 Å². The van der Waals surface area contributed by atoms with Gasteiger partial charge in [0, 0.05) is 31.6 Å². The van der Waals surface area contributed by atoms with E-state index in [1.165, 1.54) is 25.7 Å². The van der Waals surface area contributed by atoms with Crippen LogP contribution in [0.4, 0.5) is 0 Å². The van der Waals surface area contributed by atoms with Crippen molar-refractivity contribution in [2.24, 2.45) is 5.92 Å². The minimum absolute atomic E-state index is 0.201. The highest BCUT2D eigenvalue weighted by Gasteiger charge is 2.20. The van der Waals surface area contributed by atoms with Crippen LogP contribution in [0.2, 0.25) is 0 Å². The van der Waals surface area contributed by atoms with Crippen LogP contribution in [0.1, 0.15) is 68.3 Å². The molecular weight excluding hydrogens is 372 g/mol. The first-order valence-electron chi connectivity index (χ1n) is 10.2. The van der Waals surface area contributed by atoms with E-state index < -0.39 is 0 Å². The number of hydrogen-bond donors (Lipinski definition) is 3. The summed E-state index contributed by atoms with van der Waals surface area (Å²) in [6, 6.07) is 7.29. The molecule has 0 spiro atoms. The van der Waals surface area contributed by atoms with Crippen molar-refractivity contribution < 1.29 is 9.59 Å². The third-order valence-corrected chi connectivity index (χ3v) is 5.21. The maximum Gasteiger partial charge on any atom is 0.269 e. The Morgan fingerprint density at radius 1 is 1.21 bits per heavy atom. The number of hydrazine groups is 1. The summed E-state index contributed by atoms with van der Waals surface area (Å²) in [7, 11) is 0. The number of benzene rings is 1. The average Bonchev–Trinajstić information content (AvgIpc) is 3.09. The topological polar surface area (TPSA) is 73.5 Å². The average molecular weight is 405 g/mol. The minimum Gasteiger partial charge on any atom is -0.361 e. The quantitative estimate of drug-likeness (QED) is 0.335. The zero-order valence-corrected chi connectivity index (χ0v) is 17.7. The molecule has 1 aromatic carbocycles. The summed E-state index contributed by atoms with van der Waals surface area (Å²) in [4.78, 5) is 25.8. The largest absolute Gasteiger partial charge is 0.361 e. The fraction of sp³-hybridized carbons (Fsp3) is 0.571. The predicted octanol–water partition coefficient (Wildman–Crippen LogP) is 3.13. The number of hydrogen-bond acceptors (Lipinski definition) is 3. The van der Waals surface area contributed by atoms with Crippen molar-refractivity contribution in [3.8, 4) is 0 Å². The Kier molecular flexibility index (Phi) is 9.20. The van der Waals surface area contributed by atoms with Crippen molar-refractivity contribution in [3.63, 3.8) is 0 Å². The molecule has 154 valence electrons. The van der Waals surface area contributed by atoms with Gasteiger partial charge in [-0.3, -0.25) is 20.4 Å². The molecule has 1 heterocycles. The number of likely N-dealkylation sites (tertiary alicyclic amines) is 1. The molecule has 7 heteroatoms. The zero-order valence-electron chi connectivity index (χ0n) is 16.9. The van der Waals surface area contributed by atoms with Gasteiger partial charge in [0.2, 0.25) is 5.91 Å². The lowest BCUT2D eigenvalue weighted by atomic mass is 10.0. The molecular formula is C21H32N4O2S. The third-order valence-electron chi connectivity index (χ3n) is 4.96. The van der Waals surface area contributed by atoms with Crippen LogP contribution in [0.3, 0.4) is 0 Å². The normalized spacial score (nSPS) is 14.6. The second-order valence-electron chi connectivity index (χ2n) is 7.51. The number of amides is 2. The van der Waals surface area contributed by atoms with Gasteiger partial charge in [-0.15, -0.1) is 0 Å². The SMILES string of the molecule is CCCCC[C@@H](C)CNC(=S)NNC(=O)c1ccc(CN2CCCC2=O)cc1. The number of thiocarbonyl (C=S) groups is 1. The Morgan fingerprint density at radius 2 is 1.96 bits per heavy atom. The van der Waals surface area contributed by atoms with Gasteiger partial charge in [0.1, 0.15) is 0 Å². The van der Waals surface area contributed by atoms with Gasteiger partial charge in [-0.1, -0.05) is 45.2 Å². The number of rotatable bonds is 9. The van der Waals surface area contributed by atoms with Gasteiger partial charge in [-0.05, 0) is 48.7 Å².